The summed E-state index contributed by atoms with van der Waals surface area (Å²) in [5.41, 5.74) is 3.61. The van der Waals surface area contributed by atoms with E-state index < -0.39 is 0 Å². The van der Waals surface area contributed by atoms with Crippen LogP contribution in [0.15, 0.2) is 0 Å². The molecule has 1 fully saturated rings. The average molecular weight is 293 g/mol. The van der Waals surface area contributed by atoms with E-state index in [1.54, 1.807) is 0 Å². The number of aliphatic hydroxyl groups excluding tert-OH is 1. The van der Waals surface area contributed by atoms with Crippen LogP contribution in [0, 0.1) is 12.8 Å². The Bertz CT molecular complexity index is 458. The summed E-state index contributed by atoms with van der Waals surface area (Å²) >= 11 is 0. The number of anilines is 2. The van der Waals surface area contributed by atoms with Crippen LogP contribution in [-0.2, 0) is 6.42 Å². The van der Waals surface area contributed by atoms with E-state index in [2.05, 4.69) is 27.6 Å². The molecule has 1 aliphatic rings. The van der Waals surface area contributed by atoms with Gasteiger partial charge in [0.2, 0.25) is 0 Å². The fourth-order valence-corrected chi connectivity index (χ4v) is 2.80. The molecule has 1 aromatic rings. The summed E-state index contributed by atoms with van der Waals surface area (Å²) in [4.78, 5) is 9.03. The molecule has 118 valence electrons. The van der Waals surface area contributed by atoms with Gasteiger partial charge in [-0.05, 0) is 44.9 Å². The van der Waals surface area contributed by atoms with Crippen molar-refractivity contribution in [1.29, 1.82) is 0 Å². The molecule has 2 rings (SSSR count). The largest absolute Gasteiger partial charge is 0.393 e. The van der Waals surface area contributed by atoms with Crippen molar-refractivity contribution in [2.24, 2.45) is 11.8 Å². The summed E-state index contributed by atoms with van der Waals surface area (Å²) in [6.07, 6.45) is 5.71. The SMILES string of the molecule is CCCc1nc(NN)c(C)c(NCC2CCC(O)CC2)n1. The second-order valence-corrected chi connectivity index (χ2v) is 5.91. The molecule has 0 radical (unpaired) electrons. The second kappa shape index (κ2) is 7.56. The predicted molar refractivity (Wildman–Crippen MR) is 85.0 cm³/mol. The molecule has 1 aliphatic carbocycles. The third-order valence-corrected chi connectivity index (χ3v) is 4.18. The summed E-state index contributed by atoms with van der Waals surface area (Å²) in [6, 6.07) is 0. The Kier molecular flexibility index (Phi) is 5.76. The normalized spacial score (nSPS) is 22.1. The Morgan fingerprint density at radius 2 is 1.86 bits per heavy atom. The minimum atomic E-state index is -0.105. The first-order valence-electron chi connectivity index (χ1n) is 7.90. The summed E-state index contributed by atoms with van der Waals surface area (Å²) in [6.45, 7) is 4.97. The Balaban J connectivity index is 2.02. The molecule has 0 bridgehead atoms. The summed E-state index contributed by atoms with van der Waals surface area (Å²) < 4.78 is 0. The molecule has 1 aromatic heterocycles. The van der Waals surface area contributed by atoms with Crippen molar-refractivity contribution in [3.05, 3.63) is 11.4 Å². The molecular formula is C15H27N5O. The van der Waals surface area contributed by atoms with Crippen LogP contribution < -0.4 is 16.6 Å². The molecule has 0 aliphatic heterocycles. The number of rotatable bonds is 6. The number of hydrazine groups is 1. The van der Waals surface area contributed by atoms with Crippen LogP contribution in [0.3, 0.4) is 0 Å². The highest BCUT2D eigenvalue weighted by atomic mass is 16.3. The number of hydrogen-bond donors (Lipinski definition) is 4. The molecule has 1 saturated carbocycles. The van der Waals surface area contributed by atoms with Crippen LogP contribution in [0.2, 0.25) is 0 Å². The maximum absolute atomic E-state index is 9.56. The summed E-state index contributed by atoms with van der Waals surface area (Å²) in [7, 11) is 0. The van der Waals surface area contributed by atoms with Crippen LogP contribution in [0.4, 0.5) is 11.6 Å². The van der Waals surface area contributed by atoms with Crippen LogP contribution in [-0.4, -0.2) is 27.7 Å². The molecule has 0 amide bonds. The van der Waals surface area contributed by atoms with Crippen molar-refractivity contribution in [3.63, 3.8) is 0 Å². The van der Waals surface area contributed by atoms with Gasteiger partial charge in [-0.2, -0.15) is 0 Å². The van der Waals surface area contributed by atoms with Gasteiger partial charge in [0.15, 0.2) is 0 Å². The quantitative estimate of drug-likeness (QED) is 0.473. The molecule has 0 saturated heterocycles. The third kappa shape index (κ3) is 4.28. The zero-order valence-corrected chi connectivity index (χ0v) is 13.0. The fourth-order valence-electron chi connectivity index (χ4n) is 2.80. The van der Waals surface area contributed by atoms with Crippen LogP contribution in [0.5, 0.6) is 0 Å². The number of nitrogen functional groups attached to an aromatic ring is 1. The lowest BCUT2D eigenvalue weighted by atomic mass is 9.87. The van der Waals surface area contributed by atoms with Gasteiger partial charge in [0.25, 0.3) is 0 Å². The zero-order chi connectivity index (χ0) is 15.2. The highest BCUT2D eigenvalue weighted by Gasteiger charge is 2.19. The van der Waals surface area contributed by atoms with Gasteiger partial charge >= 0.3 is 0 Å². The maximum Gasteiger partial charge on any atom is 0.148 e. The predicted octanol–water partition coefficient (Wildman–Crippen LogP) is 1.99. The van der Waals surface area contributed by atoms with Crippen molar-refractivity contribution in [1.82, 2.24) is 9.97 Å². The number of nitrogens with two attached hydrogens (primary N) is 1. The lowest BCUT2D eigenvalue weighted by Crippen LogP contribution is -2.24. The number of aliphatic hydroxyl groups is 1. The van der Waals surface area contributed by atoms with E-state index in [1.807, 2.05) is 6.92 Å². The van der Waals surface area contributed by atoms with E-state index >= 15 is 0 Å². The molecule has 6 heteroatoms. The van der Waals surface area contributed by atoms with Crippen molar-refractivity contribution in [2.75, 3.05) is 17.3 Å². The first-order valence-corrected chi connectivity index (χ1v) is 7.90. The van der Waals surface area contributed by atoms with Gasteiger partial charge in [0.1, 0.15) is 17.5 Å². The van der Waals surface area contributed by atoms with Gasteiger partial charge in [0.05, 0.1) is 6.10 Å². The van der Waals surface area contributed by atoms with Crippen molar-refractivity contribution in [2.45, 2.75) is 58.5 Å². The molecule has 0 unspecified atom stereocenters. The minimum absolute atomic E-state index is 0.105. The molecular weight excluding hydrogens is 266 g/mol. The van der Waals surface area contributed by atoms with Crippen LogP contribution in [0.25, 0.3) is 0 Å². The van der Waals surface area contributed by atoms with Gasteiger partial charge in [-0.3, -0.25) is 0 Å². The Labute approximate surface area is 126 Å². The Hall–Kier alpha value is -1.40. The van der Waals surface area contributed by atoms with E-state index in [0.717, 1.165) is 62.3 Å². The number of nitrogens with one attached hydrogen (secondary N) is 2. The van der Waals surface area contributed by atoms with E-state index in [9.17, 15) is 5.11 Å². The third-order valence-electron chi connectivity index (χ3n) is 4.18. The van der Waals surface area contributed by atoms with E-state index in [-0.39, 0.29) is 6.10 Å². The van der Waals surface area contributed by atoms with Gasteiger partial charge in [-0.15, -0.1) is 0 Å². The van der Waals surface area contributed by atoms with E-state index in [1.165, 1.54) is 0 Å². The molecule has 1 heterocycles. The van der Waals surface area contributed by atoms with Gasteiger partial charge in [-0.1, -0.05) is 6.92 Å². The first kappa shape index (κ1) is 16.0. The fraction of sp³-hybridized carbons (Fsp3) is 0.733. The number of nitrogens with zero attached hydrogens (tertiary/aromatic N) is 2. The molecule has 6 nitrogen and oxygen atoms in total. The van der Waals surface area contributed by atoms with Gasteiger partial charge < -0.3 is 15.8 Å². The lowest BCUT2D eigenvalue weighted by molar-refractivity contribution is 0.111. The molecule has 0 spiro atoms. The highest BCUT2D eigenvalue weighted by Crippen LogP contribution is 2.26. The van der Waals surface area contributed by atoms with Crippen molar-refractivity contribution < 1.29 is 5.11 Å². The second-order valence-electron chi connectivity index (χ2n) is 5.91. The minimum Gasteiger partial charge on any atom is -0.393 e. The van der Waals surface area contributed by atoms with Crippen molar-refractivity contribution in [3.8, 4) is 0 Å². The molecule has 0 atom stereocenters. The lowest BCUT2D eigenvalue weighted by Gasteiger charge is -2.26. The van der Waals surface area contributed by atoms with Gasteiger partial charge in [0, 0.05) is 18.5 Å². The average Bonchev–Trinajstić information content (AvgIpc) is 2.49. The summed E-state index contributed by atoms with van der Waals surface area (Å²) in [5, 5.41) is 13.0. The van der Waals surface area contributed by atoms with Gasteiger partial charge in [-0.25, -0.2) is 15.8 Å². The standard InChI is InChI=1S/C15H27N5O/c1-3-4-13-18-14(10(2)15(19-13)20-16)17-9-11-5-7-12(21)8-6-11/h11-12,21H,3-9,16H2,1-2H3,(H2,17,18,19,20). The van der Waals surface area contributed by atoms with E-state index in [4.69, 9.17) is 5.84 Å². The van der Waals surface area contributed by atoms with Crippen LogP contribution >= 0.6 is 0 Å². The molecule has 21 heavy (non-hydrogen) atoms. The number of hydrogen-bond acceptors (Lipinski definition) is 6. The smallest absolute Gasteiger partial charge is 0.148 e. The zero-order valence-electron chi connectivity index (χ0n) is 13.0. The first-order chi connectivity index (χ1) is 10.1. The monoisotopic (exact) mass is 293 g/mol. The highest BCUT2D eigenvalue weighted by molar-refractivity contribution is 5.56. The van der Waals surface area contributed by atoms with Crippen LogP contribution in [0.1, 0.15) is 50.4 Å². The van der Waals surface area contributed by atoms with E-state index in [0.29, 0.717) is 11.7 Å². The topological polar surface area (TPSA) is 96.1 Å². The molecule has 0 aromatic carbocycles. The van der Waals surface area contributed by atoms with Crippen molar-refractivity contribution >= 4 is 11.6 Å². The Morgan fingerprint density at radius 3 is 2.48 bits per heavy atom. The number of aryl methyl sites for hydroxylation is 1. The number of aromatic nitrogens is 2. The molecule has 5 N–H and O–H groups in total. The Morgan fingerprint density at radius 1 is 1.19 bits per heavy atom. The maximum atomic E-state index is 9.56. The summed E-state index contributed by atoms with van der Waals surface area (Å²) in [5.74, 6) is 8.52.